The van der Waals surface area contributed by atoms with Crippen LogP contribution in [0.1, 0.15) is 44.9 Å². The minimum Gasteiger partial charge on any atom is -0.376 e. The molecule has 2 heteroatoms. The fourth-order valence-electron chi connectivity index (χ4n) is 3.07. The molecule has 3 rings (SSSR count). The van der Waals surface area contributed by atoms with Crippen LogP contribution in [0.25, 0.3) is 0 Å². The number of nitrogens with one attached hydrogen (secondary N) is 1. The molecule has 0 aromatic carbocycles. The lowest BCUT2D eigenvalue weighted by molar-refractivity contribution is 0.0790. The highest BCUT2D eigenvalue weighted by Gasteiger charge is 2.41. The molecule has 2 aliphatic carbocycles. The lowest BCUT2D eigenvalue weighted by Gasteiger charge is -2.23. The van der Waals surface area contributed by atoms with Crippen LogP contribution in [0.2, 0.25) is 0 Å². The Morgan fingerprint density at radius 3 is 2.43 bits per heavy atom. The molecule has 0 bridgehead atoms. The molecule has 14 heavy (non-hydrogen) atoms. The van der Waals surface area contributed by atoms with Crippen molar-refractivity contribution in [3.8, 4) is 0 Å². The summed E-state index contributed by atoms with van der Waals surface area (Å²) in [4.78, 5) is 0. The second-order valence-corrected chi connectivity index (χ2v) is 5.22. The minimum atomic E-state index is 0.565. The van der Waals surface area contributed by atoms with Crippen LogP contribution in [0.3, 0.4) is 0 Å². The molecule has 1 saturated heterocycles. The first-order valence-electron chi connectivity index (χ1n) is 6.31. The van der Waals surface area contributed by atoms with E-state index in [2.05, 4.69) is 5.32 Å². The van der Waals surface area contributed by atoms with E-state index in [0.29, 0.717) is 12.1 Å². The molecule has 0 aromatic rings. The molecule has 1 N–H and O–H groups in total. The summed E-state index contributed by atoms with van der Waals surface area (Å²) in [5.74, 6) is 0.899. The number of hydrogen-bond donors (Lipinski definition) is 1. The molecule has 2 saturated carbocycles. The topological polar surface area (TPSA) is 21.3 Å². The van der Waals surface area contributed by atoms with Crippen molar-refractivity contribution >= 4 is 0 Å². The van der Waals surface area contributed by atoms with Crippen LogP contribution >= 0.6 is 0 Å². The van der Waals surface area contributed by atoms with E-state index >= 15 is 0 Å². The van der Waals surface area contributed by atoms with Gasteiger partial charge < -0.3 is 10.1 Å². The van der Waals surface area contributed by atoms with E-state index in [9.17, 15) is 0 Å². The van der Waals surface area contributed by atoms with Crippen molar-refractivity contribution in [3.05, 3.63) is 0 Å². The van der Waals surface area contributed by atoms with Gasteiger partial charge in [-0.25, -0.2) is 0 Å². The second-order valence-electron chi connectivity index (χ2n) is 5.22. The molecule has 1 aliphatic heterocycles. The molecule has 2 nitrogen and oxygen atoms in total. The monoisotopic (exact) mass is 195 g/mol. The zero-order valence-electron chi connectivity index (χ0n) is 8.87. The summed E-state index contributed by atoms with van der Waals surface area (Å²) in [6.07, 6.45) is 10.3. The molecule has 0 amide bonds. The number of ether oxygens (including phenoxy) is 1. The van der Waals surface area contributed by atoms with Gasteiger partial charge in [0.25, 0.3) is 0 Å². The van der Waals surface area contributed by atoms with Gasteiger partial charge >= 0.3 is 0 Å². The summed E-state index contributed by atoms with van der Waals surface area (Å²) in [5.41, 5.74) is 0. The van der Waals surface area contributed by atoms with Crippen LogP contribution in [0.5, 0.6) is 0 Å². The van der Waals surface area contributed by atoms with Crippen LogP contribution in [0, 0.1) is 5.92 Å². The van der Waals surface area contributed by atoms with E-state index in [4.69, 9.17) is 4.74 Å². The summed E-state index contributed by atoms with van der Waals surface area (Å²) in [6.45, 7) is 0.992. The van der Waals surface area contributed by atoms with Crippen molar-refractivity contribution in [2.24, 2.45) is 5.92 Å². The van der Waals surface area contributed by atoms with E-state index in [1.807, 2.05) is 0 Å². The third kappa shape index (κ3) is 1.82. The Hall–Kier alpha value is -0.0800. The maximum absolute atomic E-state index is 5.84. The van der Waals surface area contributed by atoms with Crippen molar-refractivity contribution in [2.45, 2.75) is 63.1 Å². The minimum absolute atomic E-state index is 0.565. The average Bonchev–Trinajstić information content (AvgIpc) is 2.74. The molecular weight excluding hydrogens is 174 g/mol. The summed E-state index contributed by atoms with van der Waals surface area (Å²) < 4.78 is 5.84. The van der Waals surface area contributed by atoms with E-state index in [1.165, 1.54) is 44.9 Å². The Morgan fingerprint density at radius 2 is 1.71 bits per heavy atom. The smallest absolute Gasteiger partial charge is 0.0757 e. The van der Waals surface area contributed by atoms with Crippen molar-refractivity contribution in [2.75, 3.05) is 6.61 Å². The van der Waals surface area contributed by atoms with Gasteiger partial charge in [-0.3, -0.25) is 0 Å². The third-order valence-corrected chi connectivity index (χ3v) is 4.03. The Balaban J connectivity index is 1.54. The second kappa shape index (κ2) is 3.82. The van der Waals surface area contributed by atoms with Gasteiger partial charge in [0.2, 0.25) is 0 Å². The standard InChI is InChI=1S/C12H21NO/c1-2-4-10(3-1)13-11-7-8-14-12(11)9-5-6-9/h9-13H,1-8H2. The molecule has 2 atom stereocenters. The van der Waals surface area contributed by atoms with Gasteiger partial charge in [-0.2, -0.15) is 0 Å². The first-order chi connectivity index (χ1) is 6.93. The molecule has 3 fully saturated rings. The van der Waals surface area contributed by atoms with Crippen molar-refractivity contribution in [3.63, 3.8) is 0 Å². The summed E-state index contributed by atoms with van der Waals surface area (Å²) >= 11 is 0. The van der Waals surface area contributed by atoms with Crippen molar-refractivity contribution in [1.29, 1.82) is 0 Å². The predicted molar refractivity (Wildman–Crippen MR) is 56.3 cm³/mol. The molecule has 3 aliphatic rings. The first-order valence-corrected chi connectivity index (χ1v) is 6.31. The van der Waals surface area contributed by atoms with Gasteiger partial charge in [0, 0.05) is 18.7 Å². The van der Waals surface area contributed by atoms with Gasteiger partial charge in [-0.15, -0.1) is 0 Å². The molecule has 80 valence electrons. The summed E-state index contributed by atoms with van der Waals surface area (Å²) in [5, 5.41) is 3.82. The fourth-order valence-corrected chi connectivity index (χ4v) is 3.07. The van der Waals surface area contributed by atoms with Crippen LogP contribution < -0.4 is 5.32 Å². The summed E-state index contributed by atoms with van der Waals surface area (Å²) in [7, 11) is 0. The maximum Gasteiger partial charge on any atom is 0.0757 e. The zero-order valence-corrected chi connectivity index (χ0v) is 8.87. The average molecular weight is 195 g/mol. The maximum atomic E-state index is 5.84. The van der Waals surface area contributed by atoms with Crippen LogP contribution in [-0.4, -0.2) is 24.8 Å². The van der Waals surface area contributed by atoms with E-state index in [1.54, 1.807) is 0 Å². The van der Waals surface area contributed by atoms with Gasteiger partial charge in [-0.05, 0) is 38.0 Å². The number of hydrogen-bond acceptors (Lipinski definition) is 2. The van der Waals surface area contributed by atoms with Gasteiger partial charge in [0.15, 0.2) is 0 Å². The van der Waals surface area contributed by atoms with Crippen LogP contribution in [0.4, 0.5) is 0 Å². The highest BCUT2D eigenvalue weighted by molar-refractivity contribution is 4.95. The molecule has 1 heterocycles. The Labute approximate surface area is 86.4 Å². The lowest BCUT2D eigenvalue weighted by Crippen LogP contribution is -2.42. The van der Waals surface area contributed by atoms with Crippen LogP contribution in [0.15, 0.2) is 0 Å². The predicted octanol–water partition coefficient (Wildman–Crippen LogP) is 2.09. The highest BCUT2D eigenvalue weighted by Crippen LogP contribution is 2.39. The summed E-state index contributed by atoms with van der Waals surface area (Å²) in [6, 6.07) is 1.49. The largest absolute Gasteiger partial charge is 0.376 e. The quantitative estimate of drug-likeness (QED) is 0.744. The van der Waals surface area contributed by atoms with E-state index in [-0.39, 0.29) is 0 Å². The number of rotatable bonds is 3. The first kappa shape index (κ1) is 9.17. The van der Waals surface area contributed by atoms with Gasteiger partial charge in [0.1, 0.15) is 0 Å². The van der Waals surface area contributed by atoms with E-state index < -0.39 is 0 Å². The SMILES string of the molecule is C1CCC(NC2CCOC2C2CC2)C1. The Kier molecular flexibility index (Phi) is 2.50. The molecule has 0 aromatic heterocycles. The molecular formula is C12H21NO. The Morgan fingerprint density at radius 1 is 0.929 bits per heavy atom. The highest BCUT2D eigenvalue weighted by atomic mass is 16.5. The van der Waals surface area contributed by atoms with E-state index in [0.717, 1.165) is 18.6 Å². The third-order valence-electron chi connectivity index (χ3n) is 4.03. The Bertz CT molecular complexity index is 196. The molecule has 0 spiro atoms. The van der Waals surface area contributed by atoms with Gasteiger partial charge in [0.05, 0.1) is 6.10 Å². The van der Waals surface area contributed by atoms with Crippen molar-refractivity contribution < 1.29 is 4.74 Å². The molecule has 2 unspecified atom stereocenters. The van der Waals surface area contributed by atoms with Crippen molar-refractivity contribution in [1.82, 2.24) is 5.32 Å². The normalized spacial score (nSPS) is 39.4. The van der Waals surface area contributed by atoms with Gasteiger partial charge in [-0.1, -0.05) is 12.8 Å². The van der Waals surface area contributed by atoms with Crippen LogP contribution in [-0.2, 0) is 4.74 Å². The fraction of sp³-hybridized carbons (Fsp3) is 1.00. The molecule has 0 radical (unpaired) electrons. The zero-order chi connectivity index (χ0) is 9.38. The lowest BCUT2D eigenvalue weighted by atomic mass is 10.0.